The summed E-state index contributed by atoms with van der Waals surface area (Å²) in [5, 5.41) is 4.57. The standard InChI is InChI=1S/C22H21FN2O3S/c23-19-6-3-7-20(15-19)24-22(26)17-10-12-25(13-11-17)29(27,28)21-9-8-16-4-1-2-5-18(16)14-21/h1-9,14-15,17H,10-13H2,(H,24,26). The molecule has 29 heavy (non-hydrogen) atoms. The summed E-state index contributed by atoms with van der Waals surface area (Å²) in [6.45, 7) is 0.548. The first-order valence-corrected chi connectivity index (χ1v) is 10.9. The van der Waals surface area contributed by atoms with E-state index >= 15 is 0 Å². The highest BCUT2D eigenvalue weighted by molar-refractivity contribution is 7.89. The van der Waals surface area contributed by atoms with Crippen LogP contribution < -0.4 is 5.32 Å². The number of carbonyl (C=O) groups excluding carboxylic acids is 1. The molecule has 3 aromatic rings. The number of hydrogen-bond donors (Lipinski definition) is 1. The maximum Gasteiger partial charge on any atom is 0.243 e. The van der Waals surface area contributed by atoms with Crippen LogP contribution in [0.15, 0.2) is 71.6 Å². The highest BCUT2D eigenvalue weighted by Gasteiger charge is 2.32. The SMILES string of the molecule is O=C(Nc1cccc(F)c1)C1CCN(S(=O)(=O)c2ccc3ccccc3c2)CC1. The first-order chi connectivity index (χ1) is 13.9. The van der Waals surface area contributed by atoms with Crippen molar-refractivity contribution in [2.75, 3.05) is 18.4 Å². The minimum absolute atomic E-state index is 0.210. The van der Waals surface area contributed by atoms with E-state index in [1.165, 1.54) is 22.5 Å². The maximum absolute atomic E-state index is 13.3. The zero-order valence-corrected chi connectivity index (χ0v) is 16.5. The van der Waals surface area contributed by atoms with Gasteiger partial charge in [0, 0.05) is 24.7 Å². The van der Waals surface area contributed by atoms with E-state index < -0.39 is 15.8 Å². The number of halogens is 1. The van der Waals surface area contributed by atoms with Crippen LogP contribution >= 0.6 is 0 Å². The molecule has 0 aromatic heterocycles. The quantitative estimate of drug-likeness (QED) is 0.704. The van der Waals surface area contributed by atoms with Gasteiger partial charge in [0.05, 0.1) is 4.90 Å². The molecule has 1 N–H and O–H groups in total. The van der Waals surface area contributed by atoms with Gasteiger partial charge < -0.3 is 5.32 Å². The number of benzene rings is 3. The van der Waals surface area contributed by atoms with Gasteiger partial charge >= 0.3 is 0 Å². The van der Waals surface area contributed by atoms with Crippen molar-refractivity contribution in [1.82, 2.24) is 4.31 Å². The van der Waals surface area contributed by atoms with Gasteiger partial charge in [-0.25, -0.2) is 12.8 Å². The lowest BCUT2D eigenvalue weighted by molar-refractivity contribution is -0.120. The summed E-state index contributed by atoms with van der Waals surface area (Å²) >= 11 is 0. The summed E-state index contributed by atoms with van der Waals surface area (Å²) in [5.41, 5.74) is 0.404. The van der Waals surface area contributed by atoms with Crippen molar-refractivity contribution in [3.05, 3.63) is 72.5 Å². The molecule has 0 atom stereocenters. The molecule has 5 nitrogen and oxygen atoms in total. The average Bonchev–Trinajstić information content (AvgIpc) is 2.73. The number of amides is 1. The van der Waals surface area contributed by atoms with Crippen LogP contribution in [0, 0.1) is 11.7 Å². The lowest BCUT2D eigenvalue weighted by atomic mass is 9.97. The predicted molar refractivity (Wildman–Crippen MR) is 110 cm³/mol. The Kier molecular flexibility index (Phi) is 5.34. The van der Waals surface area contributed by atoms with Crippen molar-refractivity contribution in [2.45, 2.75) is 17.7 Å². The molecule has 0 radical (unpaired) electrons. The number of rotatable bonds is 4. The summed E-state index contributed by atoms with van der Waals surface area (Å²) in [5.74, 6) is -0.932. The molecule has 150 valence electrons. The van der Waals surface area contributed by atoms with Crippen molar-refractivity contribution in [2.24, 2.45) is 5.92 Å². The molecule has 4 rings (SSSR count). The van der Waals surface area contributed by atoms with Crippen LogP contribution in [0.2, 0.25) is 0 Å². The molecule has 7 heteroatoms. The van der Waals surface area contributed by atoms with Crippen LogP contribution in [0.5, 0.6) is 0 Å². The summed E-state index contributed by atoms with van der Waals surface area (Å²) in [4.78, 5) is 12.7. The van der Waals surface area contributed by atoms with Gasteiger partial charge in [-0.2, -0.15) is 4.31 Å². The zero-order valence-electron chi connectivity index (χ0n) is 15.7. The van der Waals surface area contributed by atoms with Crippen molar-refractivity contribution in [1.29, 1.82) is 0 Å². The monoisotopic (exact) mass is 412 g/mol. The zero-order chi connectivity index (χ0) is 20.4. The predicted octanol–water partition coefficient (Wildman–Crippen LogP) is 4.02. The highest BCUT2D eigenvalue weighted by Crippen LogP contribution is 2.27. The van der Waals surface area contributed by atoms with Gasteiger partial charge in [0.1, 0.15) is 5.82 Å². The van der Waals surface area contributed by atoms with Crippen molar-refractivity contribution < 1.29 is 17.6 Å². The average molecular weight is 412 g/mol. The van der Waals surface area contributed by atoms with Crippen molar-refractivity contribution in [3.63, 3.8) is 0 Å². The summed E-state index contributed by atoms with van der Waals surface area (Å²) < 4.78 is 40.7. The fraction of sp³-hybridized carbons (Fsp3) is 0.227. The summed E-state index contributed by atoms with van der Waals surface area (Å²) in [6.07, 6.45) is 0.849. The lowest BCUT2D eigenvalue weighted by Gasteiger charge is -2.30. The van der Waals surface area contributed by atoms with Crippen LogP contribution in [0.25, 0.3) is 10.8 Å². The molecule has 0 aliphatic carbocycles. The maximum atomic E-state index is 13.3. The van der Waals surface area contributed by atoms with Gasteiger partial charge in [0.2, 0.25) is 15.9 Å². The molecule has 0 unspecified atom stereocenters. The molecule has 0 spiro atoms. The van der Waals surface area contributed by atoms with Crippen LogP contribution in [-0.2, 0) is 14.8 Å². The van der Waals surface area contributed by atoms with Gasteiger partial charge in [0.15, 0.2) is 0 Å². The van der Waals surface area contributed by atoms with E-state index in [1.807, 2.05) is 24.3 Å². The first kappa shape index (κ1) is 19.5. The molecule has 1 saturated heterocycles. The summed E-state index contributed by atoms with van der Waals surface area (Å²) in [7, 11) is -3.62. The molecule has 0 bridgehead atoms. The Bertz CT molecular complexity index is 1160. The Balaban J connectivity index is 1.43. The third-order valence-electron chi connectivity index (χ3n) is 5.28. The van der Waals surface area contributed by atoms with Crippen LogP contribution in [0.1, 0.15) is 12.8 Å². The molecule has 3 aromatic carbocycles. The molecule has 1 aliphatic rings. The number of fused-ring (bicyclic) bond motifs is 1. The van der Waals surface area contributed by atoms with Crippen LogP contribution in [0.4, 0.5) is 10.1 Å². The van der Waals surface area contributed by atoms with E-state index in [9.17, 15) is 17.6 Å². The van der Waals surface area contributed by atoms with Gasteiger partial charge in [-0.3, -0.25) is 4.79 Å². The minimum Gasteiger partial charge on any atom is -0.326 e. The Morgan fingerprint density at radius 1 is 0.931 bits per heavy atom. The number of nitrogens with zero attached hydrogens (tertiary/aromatic N) is 1. The van der Waals surface area contributed by atoms with E-state index in [0.29, 0.717) is 18.5 Å². The number of carbonyl (C=O) groups is 1. The number of piperidine rings is 1. The molecule has 1 heterocycles. The van der Waals surface area contributed by atoms with E-state index in [-0.39, 0.29) is 29.8 Å². The number of nitrogens with one attached hydrogen (secondary N) is 1. The second-order valence-electron chi connectivity index (χ2n) is 7.19. The van der Waals surface area contributed by atoms with E-state index in [4.69, 9.17) is 0 Å². The number of anilines is 1. The molecule has 0 saturated carbocycles. The van der Waals surface area contributed by atoms with Crippen LogP contribution in [-0.4, -0.2) is 31.7 Å². The fourth-order valence-electron chi connectivity index (χ4n) is 3.65. The second-order valence-corrected chi connectivity index (χ2v) is 9.12. The third kappa shape index (κ3) is 4.16. The Labute approximate surface area is 169 Å². The second kappa shape index (κ2) is 7.93. The van der Waals surface area contributed by atoms with E-state index in [1.54, 1.807) is 24.3 Å². The molecular weight excluding hydrogens is 391 g/mol. The smallest absolute Gasteiger partial charge is 0.243 e. The molecule has 1 amide bonds. The Morgan fingerprint density at radius 2 is 1.66 bits per heavy atom. The summed E-state index contributed by atoms with van der Waals surface area (Å²) in [6, 6.07) is 18.5. The third-order valence-corrected chi connectivity index (χ3v) is 7.17. The van der Waals surface area contributed by atoms with Crippen molar-refractivity contribution >= 4 is 32.4 Å². The lowest BCUT2D eigenvalue weighted by Crippen LogP contribution is -2.41. The highest BCUT2D eigenvalue weighted by atomic mass is 32.2. The Morgan fingerprint density at radius 3 is 2.38 bits per heavy atom. The largest absolute Gasteiger partial charge is 0.326 e. The van der Waals surface area contributed by atoms with Gasteiger partial charge in [-0.1, -0.05) is 36.4 Å². The Hall–Kier alpha value is -2.77. The topological polar surface area (TPSA) is 66.5 Å². The fourth-order valence-corrected chi connectivity index (χ4v) is 5.15. The van der Waals surface area contributed by atoms with E-state index in [0.717, 1.165) is 10.8 Å². The van der Waals surface area contributed by atoms with Gasteiger partial charge in [-0.05, 0) is 53.9 Å². The van der Waals surface area contributed by atoms with Crippen LogP contribution in [0.3, 0.4) is 0 Å². The number of sulfonamides is 1. The molecule has 1 aliphatic heterocycles. The van der Waals surface area contributed by atoms with Crippen molar-refractivity contribution in [3.8, 4) is 0 Å². The number of hydrogen-bond acceptors (Lipinski definition) is 3. The molecule has 1 fully saturated rings. The van der Waals surface area contributed by atoms with E-state index in [2.05, 4.69) is 5.32 Å². The minimum atomic E-state index is -3.62. The van der Waals surface area contributed by atoms with Gasteiger partial charge in [0.25, 0.3) is 0 Å². The normalized spacial score (nSPS) is 16.0. The molecular formula is C22H21FN2O3S. The van der Waals surface area contributed by atoms with Gasteiger partial charge in [-0.15, -0.1) is 0 Å². The first-order valence-electron chi connectivity index (χ1n) is 9.49.